The van der Waals surface area contributed by atoms with Crippen molar-refractivity contribution in [1.29, 1.82) is 0 Å². The van der Waals surface area contributed by atoms with Gasteiger partial charge in [0, 0.05) is 39.6 Å². The Hall–Kier alpha value is -0.760. The van der Waals surface area contributed by atoms with E-state index in [2.05, 4.69) is 13.8 Å². The molecule has 2 heterocycles. The molecule has 9 atom stereocenters. The summed E-state index contributed by atoms with van der Waals surface area (Å²) in [4.78, 5) is 0. The first-order valence-electron chi connectivity index (χ1n) is 10.8. The molecule has 0 aromatic carbocycles. The number of ether oxygens (including phenoxy) is 5. The largest absolute Gasteiger partial charge is 0.390 e. The number of methoxy groups -OCH3 is 3. The van der Waals surface area contributed by atoms with E-state index < -0.39 is 6.10 Å². The number of aliphatic hydroxyl groups excluding tert-OH is 1. The highest BCUT2D eigenvalue weighted by atomic mass is 16.7. The first-order chi connectivity index (χ1) is 13.9. The van der Waals surface area contributed by atoms with Gasteiger partial charge in [0.1, 0.15) is 12.2 Å². The molecule has 6 nitrogen and oxygen atoms in total. The summed E-state index contributed by atoms with van der Waals surface area (Å²) in [5.74, 6) is 0.257. The molecule has 1 N–H and O–H groups in total. The topological polar surface area (TPSA) is 69.7 Å². The molecular formula is C23H40O6. The van der Waals surface area contributed by atoms with E-state index in [9.17, 15) is 5.11 Å². The Morgan fingerprint density at radius 1 is 1.10 bits per heavy atom. The van der Waals surface area contributed by atoms with E-state index in [-0.39, 0.29) is 48.6 Å². The lowest BCUT2D eigenvalue weighted by Gasteiger charge is -2.35. The van der Waals surface area contributed by atoms with Crippen molar-refractivity contribution < 1.29 is 28.8 Å². The van der Waals surface area contributed by atoms with Crippen LogP contribution in [0.4, 0.5) is 0 Å². The van der Waals surface area contributed by atoms with Gasteiger partial charge in [-0.3, -0.25) is 0 Å². The third-order valence-electron chi connectivity index (χ3n) is 6.36. The molecule has 0 amide bonds. The molecule has 2 fully saturated rings. The van der Waals surface area contributed by atoms with E-state index in [1.807, 2.05) is 32.1 Å². The smallest absolute Gasteiger partial charge is 0.158 e. The van der Waals surface area contributed by atoms with Crippen LogP contribution in [0.2, 0.25) is 0 Å². The molecule has 6 heteroatoms. The maximum atomic E-state index is 10.7. The zero-order valence-electron chi connectivity index (χ0n) is 19.0. The standard InChI is InChI=1S/C23H40O6/c1-8-17(25-5)16(4)22-23(29-22)20(24)14(2)10-9-11-15(3)21-18(26-6)12-13-19(27-7)28-21/h9-11,14,16-24H,8,12-13H2,1-7H3/b10-9+,15-11+/t14-,16+,17-,18-,19+,20+,21+,22-,23-/m0/s1. The maximum absolute atomic E-state index is 10.7. The summed E-state index contributed by atoms with van der Waals surface area (Å²) in [6, 6.07) is 0. The molecule has 0 saturated carbocycles. The van der Waals surface area contributed by atoms with Crippen LogP contribution in [0.15, 0.2) is 23.8 Å². The van der Waals surface area contributed by atoms with Crippen molar-refractivity contribution in [2.75, 3.05) is 21.3 Å². The zero-order chi connectivity index (χ0) is 21.6. The van der Waals surface area contributed by atoms with E-state index in [1.165, 1.54) is 0 Å². The lowest BCUT2D eigenvalue weighted by Crippen LogP contribution is -2.41. The van der Waals surface area contributed by atoms with Crippen LogP contribution in [0.3, 0.4) is 0 Å². The summed E-state index contributed by atoms with van der Waals surface area (Å²) in [5, 5.41) is 10.7. The van der Waals surface area contributed by atoms with Gasteiger partial charge in [0.25, 0.3) is 0 Å². The summed E-state index contributed by atoms with van der Waals surface area (Å²) in [6.45, 7) is 8.29. The Morgan fingerprint density at radius 3 is 2.41 bits per heavy atom. The fourth-order valence-electron chi connectivity index (χ4n) is 4.28. The fourth-order valence-corrected chi connectivity index (χ4v) is 4.28. The van der Waals surface area contributed by atoms with Crippen LogP contribution in [0, 0.1) is 11.8 Å². The van der Waals surface area contributed by atoms with Crippen LogP contribution in [-0.4, -0.2) is 69.3 Å². The third kappa shape index (κ3) is 6.36. The molecule has 0 aromatic heterocycles. The number of hydrogen-bond acceptors (Lipinski definition) is 6. The monoisotopic (exact) mass is 412 g/mol. The van der Waals surface area contributed by atoms with Crippen molar-refractivity contribution in [1.82, 2.24) is 0 Å². The van der Waals surface area contributed by atoms with E-state index >= 15 is 0 Å². The molecular weight excluding hydrogens is 372 g/mol. The lowest BCUT2D eigenvalue weighted by molar-refractivity contribution is -0.205. The highest BCUT2D eigenvalue weighted by molar-refractivity contribution is 5.18. The normalized spacial score (nSPS) is 34.8. The number of aliphatic hydroxyl groups is 1. The average molecular weight is 413 g/mol. The van der Waals surface area contributed by atoms with Crippen molar-refractivity contribution >= 4 is 0 Å². The number of hydrogen-bond donors (Lipinski definition) is 1. The third-order valence-corrected chi connectivity index (χ3v) is 6.36. The SMILES string of the molecule is CC[C@H](OC)[C@@H](C)[C@@H]1O[C@H]1[C@H](O)[C@@H](C)/C=C/C=C(\C)[C@H]1O[C@@H](OC)CC[C@@H]1OC. The van der Waals surface area contributed by atoms with Gasteiger partial charge in [0.2, 0.25) is 0 Å². The van der Waals surface area contributed by atoms with Gasteiger partial charge in [0.05, 0.1) is 24.4 Å². The molecule has 0 aromatic rings. The fraction of sp³-hybridized carbons (Fsp3) is 0.826. The van der Waals surface area contributed by atoms with Crippen molar-refractivity contribution in [2.45, 2.75) is 89.9 Å². The first kappa shape index (κ1) is 24.5. The van der Waals surface area contributed by atoms with Gasteiger partial charge >= 0.3 is 0 Å². The van der Waals surface area contributed by atoms with E-state index in [4.69, 9.17) is 23.7 Å². The van der Waals surface area contributed by atoms with Crippen LogP contribution in [0.5, 0.6) is 0 Å². The Labute approximate surface area is 176 Å². The molecule has 0 unspecified atom stereocenters. The van der Waals surface area contributed by atoms with Crippen LogP contribution < -0.4 is 0 Å². The number of allylic oxidation sites excluding steroid dienone is 2. The quantitative estimate of drug-likeness (QED) is 0.414. The number of rotatable bonds is 11. The van der Waals surface area contributed by atoms with Gasteiger partial charge in [-0.25, -0.2) is 0 Å². The molecule has 2 aliphatic heterocycles. The summed E-state index contributed by atoms with van der Waals surface area (Å²) < 4.78 is 28.3. The van der Waals surface area contributed by atoms with Gasteiger partial charge in [0.15, 0.2) is 6.29 Å². The van der Waals surface area contributed by atoms with E-state index in [0.29, 0.717) is 0 Å². The zero-order valence-corrected chi connectivity index (χ0v) is 19.0. The molecule has 0 spiro atoms. The Morgan fingerprint density at radius 2 is 1.83 bits per heavy atom. The average Bonchev–Trinajstić information content (AvgIpc) is 3.54. The summed E-state index contributed by atoms with van der Waals surface area (Å²) >= 11 is 0. The van der Waals surface area contributed by atoms with Gasteiger partial charge in [-0.15, -0.1) is 0 Å². The van der Waals surface area contributed by atoms with Gasteiger partial charge in [-0.1, -0.05) is 39.0 Å². The van der Waals surface area contributed by atoms with Crippen molar-refractivity contribution in [2.24, 2.45) is 11.8 Å². The van der Waals surface area contributed by atoms with Crippen LogP contribution in [0.25, 0.3) is 0 Å². The Bertz CT molecular complexity index is 543. The van der Waals surface area contributed by atoms with Crippen LogP contribution in [-0.2, 0) is 23.7 Å². The second kappa shape index (κ2) is 11.6. The van der Waals surface area contributed by atoms with Crippen molar-refractivity contribution in [3.8, 4) is 0 Å². The van der Waals surface area contributed by atoms with Gasteiger partial charge in [-0.2, -0.15) is 0 Å². The predicted molar refractivity (Wildman–Crippen MR) is 113 cm³/mol. The molecule has 0 radical (unpaired) electrons. The second-order valence-electron chi connectivity index (χ2n) is 8.33. The molecule has 0 bridgehead atoms. The van der Waals surface area contributed by atoms with E-state index in [0.717, 1.165) is 24.8 Å². The minimum Gasteiger partial charge on any atom is -0.390 e. The molecule has 29 heavy (non-hydrogen) atoms. The minimum atomic E-state index is -0.530. The molecule has 2 rings (SSSR count). The Kier molecular flexibility index (Phi) is 9.79. The lowest BCUT2D eigenvalue weighted by atomic mass is 9.91. The van der Waals surface area contributed by atoms with Crippen LogP contribution >= 0.6 is 0 Å². The van der Waals surface area contributed by atoms with Crippen molar-refractivity contribution in [3.63, 3.8) is 0 Å². The summed E-state index contributed by atoms with van der Waals surface area (Å²) in [7, 11) is 5.12. The maximum Gasteiger partial charge on any atom is 0.158 e. The minimum absolute atomic E-state index is 0.0129. The number of epoxide rings is 1. The van der Waals surface area contributed by atoms with Gasteiger partial charge in [-0.05, 0) is 25.3 Å². The van der Waals surface area contributed by atoms with Crippen LogP contribution in [0.1, 0.15) is 47.0 Å². The summed E-state index contributed by atoms with van der Waals surface area (Å²) in [5.41, 5.74) is 1.08. The highest BCUT2D eigenvalue weighted by Gasteiger charge is 2.50. The molecule has 168 valence electrons. The molecule has 0 aliphatic carbocycles. The van der Waals surface area contributed by atoms with E-state index in [1.54, 1.807) is 21.3 Å². The highest BCUT2D eigenvalue weighted by Crippen LogP contribution is 2.37. The molecule has 2 aliphatic rings. The van der Waals surface area contributed by atoms with Gasteiger partial charge < -0.3 is 28.8 Å². The predicted octanol–water partition coefficient (Wildman–Crippen LogP) is 3.48. The molecule has 2 saturated heterocycles. The van der Waals surface area contributed by atoms with Crippen molar-refractivity contribution in [3.05, 3.63) is 23.8 Å². The second-order valence-corrected chi connectivity index (χ2v) is 8.33. The first-order valence-corrected chi connectivity index (χ1v) is 10.8. The Balaban J connectivity index is 1.90. The summed E-state index contributed by atoms with van der Waals surface area (Å²) in [6.07, 6.45) is 8.00.